The molecule has 0 spiro atoms. The van der Waals surface area contributed by atoms with E-state index in [9.17, 15) is 4.79 Å². The smallest absolute Gasteiger partial charge is 0.344 e. The first-order valence-corrected chi connectivity index (χ1v) is 12.4. The number of pyridine rings is 1. The van der Waals surface area contributed by atoms with E-state index in [0.717, 1.165) is 11.1 Å². The van der Waals surface area contributed by atoms with Crippen molar-refractivity contribution in [3.8, 4) is 28.3 Å². The lowest BCUT2D eigenvalue weighted by Gasteiger charge is -2.19. The highest BCUT2D eigenvalue weighted by atomic mass is 35.5. The summed E-state index contributed by atoms with van der Waals surface area (Å²) in [6.07, 6.45) is 0. The van der Waals surface area contributed by atoms with Crippen molar-refractivity contribution < 1.29 is 14.3 Å². The van der Waals surface area contributed by atoms with Gasteiger partial charge >= 0.3 is 5.97 Å². The fraction of sp³-hybridized carbons (Fsp3) is 0.259. The maximum absolute atomic E-state index is 12.0. The molecule has 0 bridgehead atoms. The molecule has 0 fully saturated rings. The summed E-state index contributed by atoms with van der Waals surface area (Å²) in [7, 11) is 0. The van der Waals surface area contributed by atoms with E-state index in [0.29, 0.717) is 43.2 Å². The molecule has 9 heteroatoms. The quantitative estimate of drug-likeness (QED) is 0.233. The van der Waals surface area contributed by atoms with E-state index in [2.05, 4.69) is 4.98 Å². The summed E-state index contributed by atoms with van der Waals surface area (Å²) in [6, 6.07) is 14.5. The number of fused-ring (bicyclic) bond motifs is 1. The number of hydrogen-bond acceptors (Lipinski definition) is 6. The van der Waals surface area contributed by atoms with Gasteiger partial charge in [-0.05, 0) is 48.9 Å². The second kappa shape index (κ2) is 10.6. The summed E-state index contributed by atoms with van der Waals surface area (Å²) < 4.78 is 10.9. The molecule has 0 amide bonds. The van der Waals surface area contributed by atoms with E-state index in [1.807, 2.05) is 45.0 Å². The lowest BCUT2D eigenvalue weighted by molar-refractivity contribution is -0.145. The Morgan fingerprint density at radius 1 is 0.889 bits per heavy atom. The second-order valence-electron chi connectivity index (χ2n) is 9.08. The molecule has 6 nitrogen and oxygen atoms in total. The van der Waals surface area contributed by atoms with Crippen LogP contribution in [0.5, 0.6) is 5.88 Å². The van der Waals surface area contributed by atoms with Crippen molar-refractivity contribution in [2.45, 2.75) is 33.1 Å². The molecule has 0 aliphatic rings. The third-order valence-electron chi connectivity index (χ3n) is 5.30. The maximum atomic E-state index is 12.0. The molecule has 4 rings (SSSR count). The monoisotopic (exact) mass is 543 g/mol. The summed E-state index contributed by atoms with van der Waals surface area (Å²) in [5, 5.41) is 2.12. The summed E-state index contributed by atoms with van der Waals surface area (Å²) in [5.74, 6) is 0.278. The molecule has 0 saturated carbocycles. The Kier molecular flexibility index (Phi) is 7.69. The van der Waals surface area contributed by atoms with E-state index >= 15 is 0 Å². The summed E-state index contributed by atoms with van der Waals surface area (Å²) in [6.45, 7) is 7.67. The molecular formula is C27H24Cl3N3O3. The molecule has 0 aliphatic heterocycles. The first-order chi connectivity index (χ1) is 17.1. The molecular weight excluding hydrogens is 521 g/mol. The molecule has 0 radical (unpaired) electrons. The number of carbonyl (C=O) groups excluding carboxylic acids is 1. The average molecular weight is 545 g/mol. The zero-order valence-electron chi connectivity index (χ0n) is 20.2. The van der Waals surface area contributed by atoms with E-state index in [1.54, 1.807) is 31.2 Å². The fourth-order valence-electron chi connectivity index (χ4n) is 3.54. The molecule has 186 valence electrons. The SMILES string of the molecule is CCOC(=O)COc1nc(C(C)(C)C)nc2nc(-c3ccc(Cl)cc3Cl)c(-c3ccc(Cl)cc3)cc12. The van der Waals surface area contributed by atoms with Crippen LogP contribution in [0.15, 0.2) is 48.5 Å². The Bertz CT molecular complexity index is 1430. The van der Waals surface area contributed by atoms with Crippen LogP contribution in [0.4, 0.5) is 0 Å². The topological polar surface area (TPSA) is 74.2 Å². The maximum Gasteiger partial charge on any atom is 0.344 e. The fourth-order valence-corrected chi connectivity index (χ4v) is 4.16. The number of halogens is 3. The summed E-state index contributed by atoms with van der Waals surface area (Å²) >= 11 is 18.9. The molecule has 0 saturated heterocycles. The normalized spacial score (nSPS) is 11.5. The van der Waals surface area contributed by atoms with Crippen LogP contribution < -0.4 is 4.74 Å². The van der Waals surface area contributed by atoms with Crippen LogP contribution in [0.25, 0.3) is 33.4 Å². The van der Waals surface area contributed by atoms with Gasteiger partial charge in [0.2, 0.25) is 5.88 Å². The van der Waals surface area contributed by atoms with Gasteiger partial charge in [0.15, 0.2) is 12.3 Å². The number of rotatable bonds is 6. The third-order valence-corrected chi connectivity index (χ3v) is 6.10. The van der Waals surface area contributed by atoms with Gasteiger partial charge < -0.3 is 9.47 Å². The van der Waals surface area contributed by atoms with E-state index in [4.69, 9.17) is 54.2 Å². The van der Waals surface area contributed by atoms with Crippen LogP contribution in [0.3, 0.4) is 0 Å². The molecule has 2 aromatic heterocycles. The van der Waals surface area contributed by atoms with Gasteiger partial charge in [0.05, 0.1) is 22.7 Å². The zero-order valence-corrected chi connectivity index (χ0v) is 22.5. The standard InChI is InChI=1S/C27H24Cl3N3O3/c1-5-35-22(34)14-36-25-20-13-19(15-6-8-16(28)9-7-15)23(18-11-10-17(29)12-21(18)30)31-24(20)32-26(33-25)27(2,3)4/h6-13H,5,14H2,1-4H3. The number of nitrogens with zero attached hydrogens (tertiary/aromatic N) is 3. The van der Waals surface area contributed by atoms with Gasteiger partial charge in [0.25, 0.3) is 0 Å². The highest BCUT2D eigenvalue weighted by Crippen LogP contribution is 2.39. The van der Waals surface area contributed by atoms with Crippen molar-refractivity contribution >= 4 is 51.8 Å². The van der Waals surface area contributed by atoms with Crippen LogP contribution in [0.2, 0.25) is 15.1 Å². The largest absolute Gasteiger partial charge is 0.465 e. The number of aromatic nitrogens is 3. The van der Waals surface area contributed by atoms with Crippen molar-refractivity contribution in [3.05, 3.63) is 69.4 Å². The minimum atomic E-state index is -0.489. The number of esters is 1. The lowest BCUT2D eigenvalue weighted by Crippen LogP contribution is -2.19. The predicted molar refractivity (Wildman–Crippen MR) is 144 cm³/mol. The molecule has 0 atom stereocenters. The van der Waals surface area contributed by atoms with Gasteiger partial charge in [0, 0.05) is 26.6 Å². The van der Waals surface area contributed by atoms with E-state index in [1.165, 1.54) is 0 Å². The van der Waals surface area contributed by atoms with E-state index < -0.39 is 11.4 Å². The van der Waals surface area contributed by atoms with Crippen LogP contribution >= 0.6 is 34.8 Å². The van der Waals surface area contributed by atoms with Crippen LogP contribution in [0.1, 0.15) is 33.5 Å². The van der Waals surface area contributed by atoms with Gasteiger partial charge in [-0.2, -0.15) is 4.98 Å². The van der Waals surface area contributed by atoms with Crippen LogP contribution in [-0.2, 0) is 14.9 Å². The lowest BCUT2D eigenvalue weighted by atomic mass is 9.95. The van der Waals surface area contributed by atoms with Crippen LogP contribution in [0, 0.1) is 0 Å². The number of benzene rings is 2. The molecule has 0 unspecified atom stereocenters. The minimum absolute atomic E-state index is 0.245. The Morgan fingerprint density at radius 2 is 1.58 bits per heavy atom. The summed E-state index contributed by atoms with van der Waals surface area (Å²) in [5.41, 5.74) is 2.93. The first-order valence-electron chi connectivity index (χ1n) is 11.3. The second-order valence-corrected chi connectivity index (χ2v) is 10.4. The Morgan fingerprint density at radius 3 is 2.22 bits per heavy atom. The Labute approximate surface area is 224 Å². The van der Waals surface area contributed by atoms with E-state index in [-0.39, 0.29) is 19.1 Å². The van der Waals surface area contributed by atoms with Crippen molar-refractivity contribution in [3.63, 3.8) is 0 Å². The van der Waals surface area contributed by atoms with Crippen LogP contribution in [-0.4, -0.2) is 34.1 Å². The predicted octanol–water partition coefficient (Wildman–Crippen LogP) is 7.56. The van der Waals surface area contributed by atoms with Gasteiger partial charge in [-0.15, -0.1) is 0 Å². The Hall–Kier alpha value is -2.93. The summed E-state index contributed by atoms with van der Waals surface area (Å²) in [4.78, 5) is 26.3. The van der Waals surface area contributed by atoms with Crippen molar-refractivity contribution in [2.24, 2.45) is 0 Å². The van der Waals surface area contributed by atoms with Crippen molar-refractivity contribution in [1.82, 2.24) is 15.0 Å². The van der Waals surface area contributed by atoms with Gasteiger partial charge in [-0.25, -0.2) is 14.8 Å². The molecule has 0 N–H and O–H groups in total. The molecule has 2 heterocycles. The van der Waals surface area contributed by atoms with Crippen molar-refractivity contribution in [2.75, 3.05) is 13.2 Å². The minimum Gasteiger partial charge on any atom is -0.465 e. The highest BCUT2D eigenvalue weighted by molar-refractivity contribution is 6.36. The molecule has 0 aliphatic carbocycles. The van der Waals surface area contributed by atoms with Gasteiger partial charge in [0.1, 0.15) is 5.82 Å². The average Bonchev–Trinajstić information content (AvgIpc) is 2.82. The number of hydrogen-bond donors (Lipinski definition) is 0. The number of carbonyl (C=O) groups is 1. The van der Waals surface area contributed by atoms with Gasteiger partial charge in [-0.3, -0.25) is 0 Å². The van der Waals surface area contributed by atoms with Gasteiger partial charge in [-0.1, -0.05) is 67.7 Å². The zero-order chi connectivity index (χ0) is 26.0. The highest BCUT2D eigenvalue weighted by Gasteiger charge is 2.24. The Balaban J connectivity index is 2.00. The van der Waals surface area contributed by atoms with Crippen molar-refractivity contribution in [1.29, 1.82) is 0 Å². The third kappa shape index (κ3) is 5.72. The first kappa shape index (κ1) is 26.1. The number of ether oxygens (including phenoxy) is 2. The molecule has 4 aromatic rings. The molecule has 36 heavy (non-hydrogen) atoms. The molecule has 2 aromatic carbocycles.